The zero-order valence-corrected chi connectivity index (χ0v) is 13.5. The summed E-state index contributed by atoms with van der Waals surface area (Å²) in [6.07, 6.45) is 3.79. The topological polar surface area (TPSA) is 55.0 Å². The molecule has 0 amide bonds. The van der Waals surface area contributed by atoms with E-state index in [2.05, 4.69) is 9.97 Å². The van der Waals surface area contributed by atoms with E-state index in [9.17, 15) is 4.79 Å². The van der Waals surface area contributed by atoms with Crippen LogP contribution in [0.5, 0.6) is 0 Å². The predicted octanol–water partition coefficient (Wildman–Crippen LogP) is 4.49. The van der Waals surface area contributed by atoms with E-state index in [1.54, 1.807) is 18.3 Å². The van der Waals surface area contributed by atoms with Crippen LogP contribution in [-0.4, -0.2) is 22.5 Å². The highest BCUT2D eigenvalue weighted by Gasteiger charge is 2.18. The van der Waals surface area contributed by atoms with E-state index < -0.39 is 5.97 Å². The summed E-state index contributed by atoms with van der Waals surface area (Å²) in [7, 11) is 0. The minimum Gasteiger partial charge on any atom is -0.461 e. The Labute approximate surface area is 138 Å². The Bertz CT molecular complexity index is 805. The molecule has 2 aromatic heterocycles. The zero-order chi connectivity index (χ0) is 16.1. The van der Waals surface area contributed by atoms with Gasteiger partial charge in [-0.05, 0) is 30.0 Å². The molecule has 2 heterocycles. The lowest BCUT2D eigenvalue weighted by atomic mass is 10.2. The lowest BCUT2D eigenvalue weighted by Crippen LogP contribution is -2.06. The first-order chi connectivity index (χ1) is 11.3. The molecule has 0 aliphatic rings. The Kier molecular flexibility index (Phi) is 4.68. The van der Waals surface area contributed by atoms with Crippen molar-refractivity contribution in [1.29, 1.82) is 0 Å². The molecule has 116 valence electrons. The van der Waals surface area contributed by atoms with Crippen molar-refractivity contribution in [2.75, 3.05) is 6.61 Å². The van der Waals surface area contributed by atoms with Gasteiger partial charge in [-0.15, -0.1) is 11.3 Å². The summed E-state index contributed by atoms with van der Waals surface area (Å²) in [5.41, 5.74) is 2.01. The molecule has 0 spiro atoms. The van der Waals surface area contributed by atoms with Gasteiger partial charge in [-0.3, -0.25) is 0 Å². The molecule has 0 saturated heterocycles. The number of carbonyl (C=O) groups excluding carboxylic acids is 1. The van der Waals surface area contributed by atoms with E-state index in [1.807, 2.05) is 60.0 Å². The highest BCUT2D eigenvalue weighted by Crippen LogP contribution is 2.24. The standard InChI is InChI=1S/C18H16N2O2S/c1-2-22-18(21)16-14(11-10-13-7-4-3-5-8-13)19-17(20-16)15-9-6-12-23-15/h3-12H,2H2,1H3,(H,19,20)/b11-10-. The lowest BCUT2D eigenvalue weighted by molar-refractivity contribution is 0.0520. The summed E-state index contributed by atoms with van der Waals surface area (Å²) in [4.78, 5) is 20.7. The zero-order valence-electron chi connectivity index (χ0n) is 12.7. The van der Waals surface area contributed by atoms with E-state index >= 15 is 0 Å². The third-order valence-electron chi connectivity index (χ3n) is 3.20. The first kappa shape index (κ1) is 15.2. The van der Waals surface area contributed by atoms with Crippen molar-refractivity contribution in [2.24, 2.45) is 0 Å². The SMILES string of the molecule is CCOC(=O)c1nc(-c2cccs2)[nH]c1/C=C\c1ccccc1. The van der Waals surface area contributed by atoms with Crippen LogP contribution in [0.25, 0.3) is 22.9 Å². The van der Waals surface area contributed by atoms with Crippen LogP contribution in [0.1, 0.15) is 28.7 Å². The van der Waals surface area contributed by atoms with Crippen LogP contribution in [0.2, 0.25) is 0 Å². The number of ether oxygens (including phenoxy) is 1. The molecule has 0 aliphatic heterocycles. The van der Waals surface area contributed by atoms with Crippen LogP contribution in [-0.2, 0) is 4.74 Å². The number of hydrogen-bond acceptors (Lipinski definition) is 4. The molecule has 0 unspecified atom stereocenters. The lowest BCUT2D eigenvalue weighted by Gasteiger charge is -1.98. The largest absolute Gasteiger partial charge is 0.461 e. The van der Waals surface area contributed by atoms with Crippen molar-refractivity contribution in [3.8, 4) is 10.7 Å². The Morgan fingerprint density at radius 2 is 2.04 bits per heavy atom. The van der Waals surface area contributed by atoms with Gasteiger partial charge in [0.15, 0.2) is 5.69 Å². The molecule has 1 aromatic carbocycles. The van der Waals surface area contributed by atoms with Crippen LogP contribution in [0.3, 0.4) is 0 Å². The molecule has 1 N–H and O–H groups in total. The number of nitrogens with one attached hydrogen (secondary N) is 1. The Balaban J connectivity index is 1.96. The molecular weight excluding hydrogens is 308 g/mol. The van der Waals surface area contributed by atoms with Crippen LogP contribution >= 0.6 is 11.3 Å². The van der Waals surface area contributed by atoms with Crippen molar-refractivity contribution in [3.05, 3.63) is 64.8 Å². The second-order valence-corrected chi connectivity index (χ2v) is 5.74. The smallest absolute Gasteiger partial charge is 0.359 e. The van der Waals surface area contributed by atoms with Crippen LogP contribution in [0, 0.1) is 0 Å². The Morgan fingerprint density at radius 1 is 1.22 bits per heavy atom. The fraction of sp³-hybridized carbons (Fsp3) is 0.111. The van der Waals surface area contributed by atoms with Gasteiger partial charge in [0.05, 0.1) is 17.2 Å². The second kappa shape index (κ2) is 7.07. The quantitative estimate of drug-likeness (QED) is 0.704. The van der Waals surface area contributed by atoms with E-state index in [0.717, 1.165) is 10.4 Å². The maximum absolute atomic E-state index is 12.1. The van der Waals surface area contributed by atoms with Gasteiger partial charge in [-0.2, -0.15) is 0 Å². The number of nitrogens with zero attached hydrogens (tertiary/aromatic N) is 1. The Hall–Kier alpha value is -2.66. The monoisotopic (exact) mass is 324 g/mol. The van der Waals surface area contributed by atoms with Crippen LogP contribution < -0.4 is 0 Å². The minimum absolute atomic E-state index is 0.308. The molecular formula is C18H16N2O2S. The van der Waals surface area contributed by atoms with E-state index in [1.165, 1.54) is 0 Å². The number of rotatable bonds is 5. The van der Waals surface area contributed by atoms with Crippen molar-refractivity contribution in [1.82, 2.24) is 9.97 Å². The molecule has 0 atom stereocenters. The van der Waals surface area contributed by atoms with Crippen LogP contribution in [0.4, 0.5) is 0 Å². The van der Waals surface area contributed by atoms with Crippen molar-refractivity contribution >= 4 is 29.5 Å². The number of carbonyl (C=O) groups is 1. The van der Waals surface area contributed by atoms with Crippen molar-refractivity contribution in [2.45, 2.75) is 6.92 Å². The van der Waals surface area contributed by atoms with Gasteiger partial charge < -0.3 is 9.72 Å². The summed E-state index contributed by atoms with van der Waals surface area (Å²) in [5.74, 6) is 0.259. The highest BCUT2D eigenvalue weighted by atomic mass is 32.1. The number of aromatic nitrogens is 2. The first-order valence-electron chi connectivity index (χ1n) is 7.32. The molecule has 4 nitrogen and oxygen atoms in total. The number of imidazole rings is 1. The van der Waals surface area contributed by atoms with E-state index in [4.69, 9.17) is 4.74 Å². The summed E-state index contributed by atoms with van der Waals surface area (Å²) >= 11 is 1.57. The maximum Gasteiger partial charge on any atom is 0.359 e. The molecule has 0 fully saturated rings. The molecule has 0 bridgehead atoms. The number of hydrogen-bond donors (Lipinski definition) is 1. The minimum atomic E-state index is -0.417. The normalized spacial score (nSPS) is 11.0. The molecule has 0 saturated carbocycles. The van der Waals surface area contributed by atoms with Gasteiger partial charge >= 0.3 is 5.97 Å². The summed E-state index contributed by atoms with van der Waals surface area (Å²) in [6.45, 7) is 2.10. The number of H-pyrrole nitrogens is 1. The number of thiophene rings is 1. The first-order valence-corrected chi connectivity index (χ1v) is 8.20. The third kappa shape index (κ3) is 3.57. The number of aromatic amines is 1. The van der Waals surface area contributed by atoms with Gasteiger partial charge in [0, 0.05) is 0 Å². The second-order valence-electron chi connectivity index (χ2n) is 4.79. The average molecular weight is 324 g/mol. The van der Waals surface area contributed by atoms with E-state index in [-0.39, 0.29) is 0 Å². The summed E-state index contributed by atoms with van der Waals surface area (Å²) < 4.78 is 5.10. The van der Waals surface area contributed by atoms with Gasteiger partial charge in [-0.1, -0.05) is 42.5 Å². The molecule has 5 heteroatoms. The molecule has 0 radical (unpaired) electrons. The summed E-state index contributed by atoms with van der Waals surface area (Å²) in [5, 5.41) is 1.97. The van der Waals surface area contributed by atoms with Crippen LogP contribution in [0.15, 0.2) is 47.8 Å². The predicted molar refractivity (Wildman–Crippen MR) is 93.2 cm³/mol. The van der Waals surface area contributed by atoms with Gasteiger partial charge in [0.1, 0.15) is 5.82 Å². The third-order valence-corrected chi connectivity index (χ3v) is 4.07. The highest BCUT2D eigenvalue weighted by molar-refractivity contribution is 7.13. The Morgan fingerprint density at radius 3 is 2.74 bits per heavy atom. The van der Waals surface area contributed by atoms with Gasteiger partial charge in [0.25, 0.3) is 0 Å². The van der Waals surface area contributed by atoms with Crippen molar-refractivity contribution < 1.29 is 9.53 Å². The van der Waals surface area contributed by atoms with E-state index in [0.29, 0.717) is 23.8 Å². The average Bonchev–Trinajstić information content (AvgIpc) is 3.23. The molecule has 3 rings (SSSR count). The fourth-order valence-corrected chi connectivity index (χ4v) is 2.81. The fourth-order valence-electron chi connectivity index (χ4n) is 2.14. The molecule has 3 aromatic rings. The number of benzene rings is 1. The van der Waals surface area contributed by atoms with Gasteiger partial charge in [-0.25, -0.2) is 9.78 Å². The van der Waals surface area contributed by atoms with Gasteiger partial charge in [0.2, 0.25) is 0 Å². The maximum atomic E-state index is 12.1. The molecule has 23 heavy (non-hydrogen) atoms. The number of esters is 1. The van der Waals surface area contributed by atoms with Crippen molar-refractivity contribution in [3.63, 3.8) is 0 Å². The molecule has 0 aliphatic carbocycles. The summed E-state index contributed by atoms with van der Waals surface area (Å²) in [6, 6.07) is 13.8.